The molecule has 1 saturated heterocycles. The molecule has 1 aliphatic heterocycles. The number of aryl methyl sites for hydroxylation is 3. The van der Waals surface area contributed by atoms with Crippen LogP contribution in [0.2, 0.25) is 0 Å². The molecule has 0 saturated carbocycles. The zero-order chi connectivity index (χ0) is 22.2. The fraction of sp³-hybridized carbons (Fsp3) is 0.636. The van der Waals surface area contributed by atoms with E-state index in [1.807, 2.05) is 20.8 Å². The predicted octanol–water partition coefficient (Wildman–Crippen LogP) is 3.40. The molecule has 1 aliphatic rings. The van der Waals surface area contributed by atoms with Gasteiger partial charge in [0.25, 0.3) is 11.5 Å². The number of ether oxygens (including phenoxy) is 1. The summed E-state index contributed by atoms with van der Waals surface area (Å²) in [4.78, 5) is 30.7. The highest BCUT2D eigenvalue weighted by molar-refractivity contribution is 7.17. The van der Waals surface area contributed by atoms with Gasteiger partial charge in [-0.3, -0.25) is 9.59 Å². The summed E-state index contributed by atoms with van der Waals surface area (Å²) in [5.41, 5.74) is 2.55. The zero-order valence-electron chi connectivity index (χ0n) is 19.0. The van der Waals surface area contributed by atoms with Gasteiger partial charge in [0.15, 0.2) is 0 Å². The lowest BCUT2D eigenvalue weighted by molar-refractivity contribution is -0.0839. The van der Waals surface area contributed by atoms with E-state index in [1.165, 1.54) is 16.0 Å². The fourth-order valence-electron chi connectivity index (χ4n) is 4.13. The number of nitrogens with one attached hydrogen (secondary N) is 1. The van der Waals surface area contributed by atoms with Crippen molar-refractivity contribution in [2.45, 2.75) is 60.5 Å². The molecule has 30 heavy (non-hydrogen) atoms. The van der Waals surface area contributed by atoms with Gasteiger partial charge in [0.2, 0.25) is 0 Å². The van der Waals surface area contributed by atoms with E-state index < -0.39 is 0 Å². The highest BCUT2D eigenvalue weighted by Gasteiger charge is 2.35. The van der Waals surface area contributed by atoms with E-state index in [4.69, 9.17) is 4.74 Å². The van der Waals surface area contributed by atoms with Crippen molar-refractivity contribution in [2.24, 2.45) is 18.4 Å². The van der Waals surface area contributed by atoms with Crippen molar-refractivity contribution >= 4 is 17.2 Å². The van der Waals surface area contributed by atoms with E-state index in [9.17, 15) is 9.59 Å². The Labute approximate surface area is 181 Å². The van der Waals surface area contributed by atoms with Crippen LogP contribution in [0.5, 0.6) is 0 Å². The normalized spacial score (nSPS) is 19.7. The van der Waals surface area contributed by atoms with Crippen LogP contribution in [0.15, 0.2) is 4.79 Å². The lowest BCUT2D eigenvalue weighted by atomic mass is 9.78. The molecule has 7 nitrogen and oxygen atoms in total. The second kappa shape index (κ2) is 8.59. The molecule has 3 heterocycles. The average molecular weight is 433 g/mol. The summed E-state index contributed by atoms with van der Waals surface area (Å²) in [5.74, 6) is 0.141. The smallest absolute Gasteiger partial charge is 0.277 e. The number of hydrogen-bond acceptors (Lipinski definition) is 6. The van der Waals surface area contributed by atoms with Crippen molar-refractivity contribution < 1.29 is 9.53 Å². The van der Waals surface area contributed by atoms with Gasteiger partial charge in [-0.05, 0) is 44.6 Å². The Morgan fingerprint density at radius 1 is 1.27 bits per heavy atom. The number of carbonyl (C=O) groups is 1. The van der Waals surface area contributed by atoms with Crippen LogP contribution in [0.25, 0.3) is 10.6 Å². The average Bonchev–Trinajstić information content (AvgIpc) is 3.05. The summed E-state index contributed by atoms with van der Waals surface area (Å²) in [5, 5.41) is 7.87. The number of amides is 1. The van der Waals surface area contributed by atoms with Crippen LogP contribution in [0.4, 0.5) is 0 Å². The monoisotopic (exact) mass is 432 g/mol. The Bertz CT molecular complexity index is 1000. The third-order valence-electron chi connectivity index (χ3n) is 5.77. The van der Waals surface area contributed by atoms with Gasteiger partial charge in [-0.15, -0.1) is 11.3 Å². The van der Waals surface area contributed by atoms with Crippen molar-refractivity contribution in [2.75, 3.05) is 13.2 Å². The van der Waals surface area contributed by atoms with E-state index in [1.54, 1.807) is 7.05 Å². The van der Waals surface area contributed by atoms with Crippen molar-refractivity contribution in [3.63, 3.8) is 0 Å². The molecule has 2 aromatic heterocycles. The van der Waals surface area contributed by atoms with Gasteiger partial charge in [0.05, 0.1) is 23.1 Å². The maximum absolute atomic E-state index is 12.9. The molecular weight excluding hydrogens is 400 g/mol. The molecule has 0 aliphatic carbocycles. The quantitative estimate of drug-likeness (QED) is 0.800. The summed E-state index contributed by atoms with van der Waals surface area (Å²) >= 11 is 1.26. The molecule has 1 fully saturated rings. The van der Waals surface area contributed by atoms with Crippen LogP contribution in [0, 0.1) is 32.1 Å². The van der Waals surface area contributed by atoms with E-state index >= 15 is 0 Å². The molecule has 164 valence electrons. The zero-order valence-corrected chi connectivity index (χ0v) is 19.8. The highest BCUT2D eigenvalue weighted by atomic mass is 32.1. The van der Waals surface area contributed by atoms with Crippen LogP contribution < -0.4 is 10.9 Å². The van der Waals surface area contributed by atoms with Gasteiger partial charge >= 0.3 is 0 Å². The summed E-state index contributed by atoms with van der Waals surface area (Å²) in [6.45, 7) is 13.4. The second-order valence-corrected chi connectivity index (χ2v) is 10.2. The molecule has 8 heteroatoms. The van der Waals surface area contributed by atoms with Gasteiger partial charge in [-0.2, -0.15) is 5.10 Å². The first-order chi connectivity index (χ1) is 14.0. The van der Waals surface area contributed by atoms with E-state index in [0.29, 0.717) is 27.7 Å². The molecule has 2 aromatic rings. The summed E-state index contributed by atoms with van der Waals surface area (Å²) < 4.78 is 7.35. The van der Waals surface area contributed by atoms with Crippen LogP contribution >= 0.6 is 11.3 Å². The van der Waals surface area contributed by atoms with Crippen LogP contribution in [0.1, 0.15) is 60.2 Å². The number of aromatic nitrogens is 3. The van der Waals surface area contributed by atoms with Crippen LogP contribution in [-0.2, 0) is 11.8 Å². The number of rotatable bonds is 4. The van der Waals surface area contributed by atoms with Crippen molar-refractivity contribution in [3.8, 4) is 10.6 Å². The Morgan fingerprint density at radius 2 is 1.97 bits per heavy atom. The molecule has 0 unspecified atom stereocenters. The van der Waals surface area contributed by atoms with Gasteiger partial charge < -0.3 is 10.1 Å². The number of nitrogens with zero attached hydrogens (tertiary/aromatic N) is 3. The molecule has 0 bridgehead atoms. The number of hydrogen-bond donors (Lipinski definition) is 1. The molecule has 2 atom stereocenters. The maximum atomic E-state index is 12.9. The standard InChI is InChI=1S/C22H32N4O3S/c1-12-13(2)25-26(7)21(28)16(12)20-24-14(3)17(30-20)19(27)23-11-15-9-8-10-29-18(15)22(4,5)6/h15,18H,8-11H2,1-7H3,(H,23,27)/t15-,18-/m0/s1. The van der Waals surface area contributed by atoms with Crippen LogP contribution in [0.3, 0.4) is 0 Å². The van der Waals surface area contributed by atoms with Gasteiger partial charge in [0, 0.05) is 26.1 Å². The number of carbonyl (C=O) groups excluding carboxylic acids is 1. The minimum absolute atomic E-state index is 0.0279. The van der Waals surface area contributed by atoms with E-state index in [0.717, 1.165) is 30.7 Å². The largest absolute Gasteiger partial charge is 0.377 e. The number of thiazole rings is 1. The minimum atomic E-state index is -0.203. The first-order valence-electron chi connectivity index (χ1n) is 10.4. The first-order valence-corrected chi connectivity index (χ1v) is 11.2. The highest BCUT2D eigenvalue weighted by Crippen LogP contribution is 2.34. The summed E-state index contributed by atoms with van der Waals surface area (Å²) in [7, 11) is 1.63. The third-order valence-corrected chi connectivity index (χ3v) is 6.94. The second-order valence-electron chi connectivity index (χ2n) is 9.22. The third kappa shape index (κ3) is 4.49. The Balaban J connectivity index is 1.81. The summed E-state index contributed by atoms with van der Waals surface area (Å²) in [6.07, 6.45) is 2.18. The Hall–Kier alpha value is -2.06. The molecule has 0 radical (unpaired) electrons. The van der Waals surface area contributed by atoms with E-state index in [2.05, 4.69) is 36.2 Å². The molecule has 0 spiro atoms. The first kappa shape index (κ1) is 22.6. The van der Waals surface area contributed by atoms with Gasteiger partial charge in [-0.1, -0.05) is 20.8 Å². The minimum Gasteiger partial charge on any atom is -0.377 e. The van der Waals surface area contributed by atoms with E-state index in [-0.39, 0.29) is 28.9 Å². The Morgan fingerprint density at radius 3 is 2.63 bits per heavy atom. The molecule has 0 aromatic carbocycles. The van der Waals surface area contributed by atoms with Crippen LogP contribution in [-0.4, -0.2) is 39.9 Å². The SMILES string of the molecule is Cc1nc(-c2c(C)c(C)nn(C)c2=O)sc1C(=O)NC[C@@H]1CCCO[C@@H]1C(C)(C)C. The Kier molecular flexibility index (Phi) is 6.48. The lowest BCUT2D eigenvalue weighted by Crippen LogP contribution is -2.45. The molecule has 3 rings (SSSR count). The van der Waals surface area contributed by atoms with Crippen molar-refractivity contribution in [1.82, 2.24) is 20.1 Å². The molecular formula is C22H32N4O3S. The van der Waals surface area contributed by atoms with Gasteiger partial charge in [-0.25, -0.2) is 9.67 Å². The van der Waals surface area contributed by atoms with Crippen molar-refractivity contribution in [3.05, 3.63) is 32.2 Å². The molecule has 1 N–H and O–H groups in total. The summed E-state index contributed by atoms with van der Waals surface area (Å²) in [6, 6.07) is 0. The van der Waals surface area contributed by atoms with Gasteiger partial charge in [0.1, 0.15) is 9.88 Å². The molecule has 1 amide bonds. The predicted molar refractivity (Wildman–Crippen MR) is 119 cm³/mol. The maximum Gasteiger partial charge on any atom is 0.277 e. The lowest BCUT2D eigenvalue weighted by Gasteiger charge is -2.40. The topological polar surface area (TPSA) is 86.1 Å². The van der Waals surface area contributed by atoms with Crippen molar-refractivity contribution in [1.29, 1.82) is 0 Å². The fourth-order valence-corrected chi connectivity index (χ4v) is 5.20.